The maximum Gasteiger partial charge on any atom is 0.305 e. The van der Waals surface area contributed by atoms with Crippen molar-refractivity contribution in [3.63, 3.8) is 0 Å². The molecule has 0 bridgehead atoms. The van der Waals surface area contributed by atoms with Gasteiger partial charge in [0.2, 0.25) is 0 Å². The smallest absolute Gasteiger partial charge is 0.305 e. The van der Waals surface area contributed by atoms with E-state index in [4.69, 9.17) is 10.8 Å². The van der Waals surface area contributed by atoms with E-state index in [1.54, 1.807) is 0 Å². The van der Waals surface area contributed by atoms with E-state index >= 15 is 0 Å². The first-order valence-corrected chi connectivity index (χ1v) is 5.99. The summed E-state index contributed by atoms with van der Waals surface area (Å²) in [6.45, 7) is 4.46. The molecule has 7 heteroatoms. The van der Waals surface area contributed by atoms with Crippen LogP contribution in [-0.4, -0.2) is 44.9 Å². The molecule has 1 aromatic heterocycles. The third-order valence-corrected chi connectivity index (χ3v) is 2.40. The molecule has 0 aromatic carbocycles. The van der Waals surface area contributed by atoms with Gasteiger partial charge in [0, 0.05) is 25.5 Å². The van der Waals surface area contributed by atoms with E-state index < -0.39 is 5.97 Å². The van der Waals surface area contributed by atoms with Crippen LogP contribution in [0.2, 0.25) is 0 Å². The molecule has 0 saturated carbocycles. The van der Waals surface area contributed by atoms with Crippen molar-refractivity contribution in [2.45, 2.75) is 20.3 Å². The van der Waals surface area contributed by atoms with Crippen molar-refractivity contribution in [2.24, 2.45) is 5.92 Å². The van der Waals surface area contributed by atoms with E-state index in [-0.39, 0.29) is 36.3 Å². The van der Waals surface area contributed by atoms with Crippen LogP contribution in [0.4, 0.5) is 5.82 Å². The van der Waals surface area contributed by atoms with Crippen LogP contribution in [0.5, 0.6) is 0 Å². The summed E-state index contributed by atoms with van der Waals surface area (Å²) in [6.07, 6.45) is 2.67. The number of nitrogen functional groups attached to an aromatic ring is 1. The summed E-state index contributed by atoms with van der Waals surface area (Å²) in [7, 11) is 0. The van der Waals surface area contributed by atoms with Gasteiger partial charge in [-0.15, -0.1) is 0 Å². The lowest BCUT2D eigenvalue weighted by Crippen LogP contribution is -2.37. The monoisotopic (exact) mass is 266 g/mol. The molecule has 0 unspecified atom stereocenters. The maximum atomic E-state index is 12.3. The number of carboxylic acid groups (broad SMARTS) is 1. The zero-order valence-corrected chi connectivity index (χ0v) is 11.0. The highest BCUT2D eigenvalue weighted by molar-refractivity contribution is 5.96. The molecule has 0 aliphatic heterocycles. The summed E-state index contributed by atoms with van der Waals surface area (Å²) in [5.74, 6) is -1.07. The SMILES string of the molecule is CC(C)CN(CCC(=O)O)C(=O)c1nccnc1N. The second-order valence-corrected chi connectivity index (χ2v) is 4.58. The first-order chi connectivity index (χ1) is 8.91. The van der Waals surface area contributed by atoms with Gasteiger partial charge < -0.3 is 15.7 Å². The van der Waals surface area contributed by atoms with Crippen molar-refractivity contribution in [2.75, 3.05) is 18.8 Å². The minimum Gasteiger partial charge on any atom is -0.481 e. The number of aromatic nitrogens is 2. The first kappa shape index (κ1) is 14.9. The molecule has 0 saturated heterocycles. The number of nitrogens with zero attached hydrogens (tertiary/aromatic N) is 3. The number of rotatable bonds is 6. The average molecular weight is 266 g/mol. The Morgan fingerprint density at radius 3 is 2.53 bits per heavy atom. The van der Waals surface area contributed by atoms with E-state index in [2.05, 4.69) is 9.97 Å². The van der Waals surface area contributed by atoms with Crippen molar-refractivity contribution in [3.05, 3.63) is 18.1 Å². The van der Waals surface area contributed by atoms with Gasteiger partial charge in [-0.2, -0.15) is 0 Å². The van der Waals surface area contributed by atoms with Crippen molar-refractivity contribution < 1.29 is 14.7 Å². The average Bonchev–Trinajstić information content (AvgIpc) is 2.33. The normalized spacial score (nSPS) is 10.5. The number of carbonyl (C=O) groups excluding carboxylic acids is 1. The van der Waals surface area contributed by atoms with E-state index in [9.17, 15) is 9.59 Å². The van der Waals surface area contributed by atoms with Crippen LogP contribution in [-0.2, 0) is 4.79 Å². The number of carbonyl (C=O) groups is 2. The molecule has 19 heavy (non-hydrogen) atoms. The number of amides is 1. The summed E-state index contributed by atoms with van der Waals surface area (Å²) in [4.78, 5) is 32.0. The van der Waals surface area contributed by atoms with Crippen LogP contribution in [0.1, 0.15) is 30.8 Å². The van der Waals surface area contributed by atoms with Gasteiger partial charge in [0.1, 0.15) is 0 Å². The van der Waals surface area contributed by atoms with Crippen LogP contribution >= 0.6 is 0 Å². The van der Waals surface area contributed by atoms with E-state index in [1.165, 1.54) is 17.3 Å². The Kier molecular flexibility index (Phi) is 5.23. The zero-order valence-electron chi connectivity index (χ0n) is 11.0. The van der Waals surface area contributed by atoms with Gasteiger partial charge in [-0.3, -0.25) is 9.59 Å². The number of carboxylic acids is 1. The fraction of sp³-hybridized carbons (Fsp3) is 0.500. The molecule has 0 spiro atoms. The van der Waals surface area contributed by atoms with Gasteiger partial charge >= 0.3 is 5.97 Å². The van der Waals surface area contributed by atoms with Gasteiger partial charge in [0.05, 0.1) is 6.42 Å². The van der Waals surface area contributed by atoms with Crippen molar-refractivity contribution in [1.82, 2.24) is 14.9 Å². The molecular weight excluding hydrogens is 248 g/mol. The maximum absolute atomic E-state index is 12.3. The number of hydrogen-bond acceptors (Lipinski definition) is 5. The van der Waals surface area contributed by atoms with Crippen LogP contribution in [0.15, 0.2) is 12.4 Å². The summed E-state index contributed by atoms with van der Waals surface area (Å²) in [5.41, 5.74) is 5.67. The molecular formula is C12H18N4O3. The number of aliphatic carboxylic acids is 1. The molecule has 1 rings (SSSR count). The highest BCUT2D eigenvalue weighted by Gasteiger charge is 2.21. The lowest BCUT2D eigenvalue weighted by Gasteiger charge is -2.23. The topological polar surface area (TPSA) is 109 Å². The van der Waals surface area contributed by atoms with Crippen LogP contribution < -0.4 is 5.73 Å². The molecule has 1 amide bonds. The molecule has 1 aromatic rings. The van der Waals surface area contributed by atoms with Gasteiger partial charge in [-0.05, 0) is 5.92 Å². The number of anilines is 1. The largest absolute Gasteiger partial charge is 0.481 e. The Balaban J connectivity index is 2.87. The predicted molar refractivity (Wildman–Crippen MR) is 69.4 cm³/mol. The Hall–Kier alpha value is -2.18. The Labute approximate surface area is 111 Å². The lowest BCUT2D eigenvalue weighted by atomic mass is 10.2. The Morgan fingerprint density at radius 2 is 2.00 bits per heavy atom. The van der Waals surface area contributed by atoms with Crippen molar-refractivity contribution >= 4 is 17.7 Å². The molecule has 0 aliphatic rings. The third-order valence-electron chi connectivity index (χ3n) is 2.40. The predicted octanol–water partition coefficient (Wildman–Crippen LogP) is 0.632. The summed E-state index contributed by atoms with van der Waals surface area (Å²) in [6, 6.07) is 0. The fourth-order valence-electron chi connectivity index (χ4n) is 1.61. The second kappa shape index (κ2) is 6.67. The van der Waals surface area contributed by atoms with Crippen molar-refractivity contribution in [1.29, 1.82) is 0 Å². The highest BCUT2D eigenvalue weighted by atomic mass is 16.4. The minimum absolute atomic E-state index is 0.0524. The Bertz CT molecular complexity index is 462. The lowest BCUT2D eigenvalue weighted by molar-refractivity contribution is -0.137. The van der Waals surface area contributed by atoms with E-state index in [0.29, 0.717) is 6.54 Å². The fourth-order valence-corrected chi connectivity index (χ4v) is 1.61. The van der Waals surface area contributed by atoms with Gasteiger partial charge in [0.15, 0.2) is 11.5 Å². The molecule has 7 nitrogen and oxygen atoms in total. The number of nitrogens with two attached hydrogens (primary N) is 1. The first-order valence-electron chi connectivity index (χ1n) is 5.99. The van der Waals surface area contributed by atoms with Crippen LogP contribution in [0.25, 0.3) is 0 Å². The quantitative estimate of drug-likeness (QED) is 0.781. The molecule has 0 fully saturated rings. The summed E-state index contributed by atoms with van der Waals surface area (Å²) < 4.78 is 0. The zero-order chi connectivity index (χ0) is 14.4. The molecule has 1 heterocycles. The minimum atomic E-state index is -0.950. The van der Waals surface area contributed by atoms with Gasteiger partial charge in [-0.25, -0.2) is 9.97 Å². The standard InChI is InChI=1S/C12H18N4O3/c1-8(2)7-16(6-3-9(17)18)12(19)10-11(13)15-5-4-14-10/h4-5,8H,3,6-7H2,1-2H3,(H2,13,15)(H,17,18). The van der Waals surface area contributed by atoms with Gasteiger partial charge in [0.25, 0.3) is 5.91 Å². The molecule has 0 atom stereocenters. The highest BCUT2D eigenvalue weighted by Crippen LogP contribution is 2.10. The molecule has 3 N–H and O–H groups in total. The Morgan fingerprint density at radius 1 is 1.37 bits per heavy atom. The molecule has 0 radical (unpaired) electrons. The third kappa shape index (κ3) is 4.53. The molecule has 0 aliphatic carbocycles. The summed E-state index contributed by atoms with van der Waals surface area (Å²) >= 11 is 0. The van der Waals surface area contributed by atoms with Crippen LogP contribution in [0.3, 0.4) is 0 Å². The van der Waals surface area contributed by atoms with E-state index in [1.807, 2.05) is 13.8 Å². The molecule has 104 valence electrons. The van der Waals surface area contributed by atoms with Crippen molar-refractivity contribution in [3.8, 4) is 0 Å². The number of hydrogen-bond donors (Lipinski definition) is 2. The summed E-state index contributed by atoms with van der Waals surface area (Å²) in [5, 5.41) is 8.71. The second-order valence-electron chi connectivity index (χ2n) is 4.58. The van der Waals surface area contributed by atoms with E-state index in [0.717, 1.165) is 0 Å². The van der Waals surface area contributed by atoms with Gasteiger partial charge in [-0.1, -0.05) is 13.8 Å². The van der Waals surface area contributed by atoms with Crippen LogP contribution in [0, 0.1) is 5.92 Å².